The Bertz CT molecular complexity index is 908. The van der Waals surface area contributed by atoms with E-state index in [4.69, 9.17) is 18.9 Å². The van der Waals surface area contributed by atoms with Crippen LogP contribution < -0.4 is 4.74 Å². The highest BCUT2D eigenvalue weighted by Crippen LogP contribution is 2.37. The van der Waals surface area contributed by atoms with Gasteiger partial charge in [-0.25, -0.2) is 4.79 Å². The van der Waals surface area contributed by atoms with Crippen LogP contribution in [0.1, 0.15) is 51.9 Å². The van der Waals surface area contributed by atoms with E-state index in [1.54, 1.807) is 0 Å². The van der Waals surface area contributed by atoms with E-state index in [0.29, 0.717) is 17.7 Å². The first-order chi connectivity index (χ1) is 14.9. The molecule has 1 saturated heterocycles. The fraction of sp³-hybridized carbons (Fsp3) is 0.480. The Morgan fingerprint density at radius 3 is 2.65 bits per heavy atom. The fourth-order valence-electron chi connectivity index (χ4n) is 3.60. The topological polar surface area (TPSA) is 74.2 Å². The second-order valence-corrected chi connectivity index (χ2v) is 7.90. The minimum atomic E-state index is -0.941. The zero-order chi connectivity index (χ0) is 22.4. The summed E-state index contributed by atoms with van der Waals surface area (Å²) in [6, 6.07) is 11.7. The maximum absolute atomic E-state index is 11.7. The van der Waals surface area contributed by atoms with E-state index in [-0.39, 0.29) is 25.4 Å². The lowest BCUT2D eigenvalue weighted by molar-refractivity contribution is -0.243. The van der Waals surface area contributed by atoms with Crippen LogP contribution in [-0.4, -0.2) is 42.6 Å². The molecule has 6 heteroatoms. The first-order valence-corrected chi connectivity index (χ1v) is 10.9. The van der Waals surface area contributed by atoms with Crippen LogP contribution in [0.15, 0.2) is 48.6 Å². The van der Waals surface area contributed by atoms with Crippen LogP contribution in [0.25, 0.3) is 10.8 Å². The number of aliphatic hydroxyl groups excluding tert-OH is 1. The quantitative estimate of drug-likeness (QED) is 0.461. The van der Waals surface area contributed by atoms with Gasteiger partial charge in [-0.05, 0) is 37.6 Å². The molecule has 4 atom stereocenters. The van der Waals surface area contributed by atoms with Crippen molar-refractivity contribution in [3.05, 3.63) is 54.1 Å². The van der Waals surface area contributed by atoms with E-state index in [1.807, 2.05) is 43.3 Å². The zero-order valence-electron chi connectivity index (χ0n) is 18.5. The van der Waals surface area contributed by atoms with Gasteiger partial charge in [-0.1, -0.05) is 50.8 Å². The molecule has 0 amide bonds. The number of carbonyl (C=O) groups excluding carboxylic acids is 1. The van der Waals surface area contributed by atoms with Gasteiger partial charge in [-0.2, -0.15) is 0 Å². The summed E-state index contributed by atoms with van der Waals surface area (Å²) in [5, 5.41) is 12.0. The van der Waals surface area contributed by atoms with Gasteiger partial charge in [0.2, 0.25) is 0 Å². The third kappa shape index (κ3) is 5.85. The van der Waals surface area contributed by atoms with Crippen LogP contribution in [0.2, 0.25) is 0 Å². The molecule has 31 heavy (non-hydrogen) atoms. The Morgan fingerprint density at radius 1 is 1.16 bits per heavy atom. The van der Waals surface area contributed by atoms with Crippen molar-refractivity contribution in [3.63, 3.8) is 0 Å². The van der Waals surface area contributed by atoms with Crippen LogP contribution in [0.4, 0.5) is 0 Å². The Hall–Kier alpha value is -2.41. The number of hydrogen-bond donors (Lipinski definition) is 1. The number of ether oxygens (including phenoxy) is 4. The van der Waals surface area contributed by atoms with Crippen LogP contribution in [0.3, 0.4) is 0 Å². The van der Waals surface area contributed by atoms with E-state index < -0.39 is 18.4 Å². The number of carbonyl (C=O) groups is 1. The monoisotopic (exact) mass is 428 g/mol. The number of esters is 1. The highest BCUT2D eigenvalue weighted by atomic mass is 16.7. The number of aliphatic hydroxyl groups is 1. The van der Waals surface area contributed by atoms with Crippen LogP contribution in [0.5, 0.6) is 5.75 Å². The highest BCUT2D eigenvalue weighted by molar-refractivity contribution is 5.91. The lowest BCUT2D eigenvalue weighted by atomic mass is 10.0. The minimum Gasteiger partial charge on any atom is -0.490 e. The second kappa shape index (κ2) is 10.8. The van der Waals surface area contributed by atoms with Crippen LogP contribution in [0, 0.1) is 0 Å². The standard InChI is InChI=1S/C25H32O6/c1-5-16(3)24(27)29-15-18(26)14-28-23-12-8-9-20-21(23)10-7-11-22(20)25-30-17(4)13-19(6-2)31-25/h7-12,17-19,25-26H,3,5-6,13-15H2,1-2,4H3. The van der Waals surface area contributed by atoms with E-state index in [0.717, 1.165) is 29.2 Å². The second-order valence-electron chi connectivity index (χ2n) is 7.90. The van der Waals surface area contributed by atoms with Crippen molar-refractivity contribution in [2.45, 2.75) is 64.6 Å². The van der Waals surface area contributed by atoms with Gasteiger partial charge >= 0.3 is 5.97 Å². The van der Waals surface area contributed by atoms with Crippen molar-refractivity contribution in [1.29, 1.82) is 0 Å². The van der Waals surface area contributed by atoms with Gasteiger partial charge in [0.05, 0.1) is 12.2 Å². The molecule has 6 nitrogen and oxygen atoms in total. The molecule has 0 radical (unpaired) electrons. The summed E-state index contributed by atoms with van der Waals surface area (Å²) in [5.41, 5.74) is 1.34. The third-order valence-corrected chi connectivity index (χ3v) is 5.45. The normalized spacial score (nSPS) is 22.1. The summed E-state index contributed by atoms with van der Waals surface area (Å²) in [4.78, 5) is 11.7. The Labute approximate surface area is 183 Å². The molecule has 1 heterocycles. The molecule has 0 aromatic heterocycles. The van der Waals surface area contributed by atoms with E-state index in [1.165, 1.54) is 0 Å². The SMILES string of the molecule is C=C(CC)C(=O)OCC(O)COc1cccc2c(C3OC(C)CC(CC)O3)cccc12. The maximum Gasteiger partial charge on any atom is 0.333 e. The predicted octanol–water partition coefficient (Wildman–Crippen LogP) is 4.69. The summed E-state index contributed by atoms with van der Waals surface area (Å²) in [6.07, 6.45) is 1.27. The molecule has 2 aromatic rings. The molecule has 0 bridgehead atoms. The summed E-state index contributed by atoms with van der Waals surface area (Å²) >= 11 is 0. The molecule has 1 N–H and O–H groups in total. The Morgan fingerprint density at radius 2 is 1.90 bits per heavy atom. The van der Waals surface area contributed by atoms with Gasteiger partial charge in [0.15, 0.2) is 6.29 Å². The lowest BCUT2D eigenvalue weighted by Gasteiger charge is -2.34. The predicted molar refractivity (Wildman–Crippen MR) is 119 cm³/mol. The van der Waals surface area contributed by atoms with Crippen LogP contribution in [-0.2, 0) is 19.0 Å². The van der Waals surface area contributed by atoms with Crippen molar-refractivity contribution in [2.24, 2.45) is 0 Å². The Kier molecular flexibility index (Phi) is 8.07. The van der Waals surface area contributed by atoms with E-state index in [9.17, 15) is 9.90 Å². The minimum absolute atomic E-state index is 0.000589. The van der Waals surface area contributed by atoms with Gasteiger partial charge < -0.3 is 24.1 Å². The number of fused-ring (bicyclic) bond motifs is 1. The Balaban J connectivity index is 1.71. The molecule has 0 aliphatic carbocycles. The zero-order valence-corrected chi connectivity index (χ0v) is 18.5. The molecule has 2 aromatic carbocycles. The third-order valence-electron chi connectivity index (χ3n) is 5.45. The highest BCUT2D eigenvalue weighted by Gasteiger charge is 2.29. The summed E-state index contributed by atoms with van der Waals surface area (Å²) < 4.78 is 23.2. The molecule has 1 aliphatic heterocycles. The maximum atomic E-state index is 11.7. The molecular formula is C25H32O6. The average molecular weight is 429 g/mol. The molecule has 3 rings (SSSR count). The van der Waals surface area contributed by atoms with Crippen molar-refractivity contribution < 1.29 is 28.8 Å². The number of hydrogen-bond acceptors (Lipinski definition) is 6. The molecule has 1 fully saturated rings. The van der Waals surface area contributed by atoms with Crippen molar-refractivity contribution in [1.82, 2.24) is 0 Å². The molecular weight excluding hydrogens is 396 g/mol. The summed E-state index contributed by atoms with van der Waals surface area (Å²) in [5.74, 6) is 0.141. The van der Waals surface area contributed by atoms with Gasteiger partial charge in [-0.3, -0.25) is 0 Å². The number of rotatable bonds is 9. The van der Waals surface area contributed by atoms with Gasteiger partial charge in [0.25, 0.3) is 0 Å². The number of benzene rings is 2. The van der Waals surface area contributed by atoms with Crippen molar-refractivity contribution in [3.8, 4) is 5.75 Å². The summed E-state index contributed by atoms with van der Waals surface area (Å²) in [6.45, 7) is 9.50. The molecule has 0 spiro atoms. The summed E-state index contributed by atoms with van der Waals surface area (Å²) in [7, 11) is 0. The van der Waals surface area contributed by atoms with E-state index in [2.05, 4.69) is 20.4 Å². The van der Waals surface area contributed by atoms with Gasteiger partial charge in [0.1, 0.15) is 25.1 Å². The first-order valence-electron chi connectivity index (χ1n) is 10.9. The average Bonchev–Trinajstić information content (AvgIpc) is 2.79. The largest absolute Gasteiger partial charge is 0.490 e. The smallest absolute Gasteiger partial charge is 0.333 e. The lowest BCUT2D eigenvalue weighted by Crippen LogP contribution is -2.31. The van der Waals surface area contributed by atoms with Crippen LogP contribution >= 0.6 is 0 Å². The van der Waals surface area contributed by atoms with Crippen molar-refractivity contribution in [2.75, 3.05) is 13.2 Å². The van der Waals surface area contributed by atoms with Gasteiger partial charge in [-0.15, -0.1) is 0 Å². The fourth-order valence-corrected chi connectivity index (χ4v) is 3.60. The molecule has 4 unspecified atom stereocenters. The van der Waals surface area contributed by atoms with E-state index >= 15 is 0 Å². The molecule has 1 aliphatic rings. The first kappa shape index (κ1) is 23.3. The van der Waals surface area contributed by atoms with Crippen molar-refractivity contribution >= 4 is 16.7 Å². The van der Waals surface area contributed by atoms with Gasteiger partial charge in [0, 0.05) is 16.5 Å². The molecule has 168 valence electrons. The molecule has 0 saturated carbocycles.